The molecule has 3 heteroatoms. The van der Waals surface area contributed by atoms with Crippen molar-refractivity contribution in [2.45, 2.75) is 24.8 Å². The van der Waals surface area contributed by atoms with Crippen LogP contribution in [0, 0.1) is 0 Å². The van der Waals surface area contributed by atoms with Gasteiger partial charge in [0.2, 0.25) is 0 Å². The van der Waals surface area contributed by atoms with Gasteiger partial charge in [-0.1, -0.05) is 58.4 Å². The number of fused-ring (bicyclic) bond motifs is 1. The summed E-state index contributed by atoms with van der Waals surface area (Å²) in [5.74, 6) is 6.29. The van der Waals surface area contributed by atoms with Crippen LogP contribution in [-0.4, -0.2) is 6.04 Å². The van der Waals surface area contributed by atoms with E-state index in [1.54, 1.807) is 0 Å². The van der Waals surface area contributed by atoms with Crippen LogP contribution in [0.1, 0.15) is 22.6 Å². The first-order chi connectivity index (χ1) is 9.29. The minimum Gasteiger partial charge on any atom is -0.271 e. The van der Waals surface area contributed by atoms with E-state index < -0.39 is 0 Å². The van der Waals surface area contributed by atoms with E-state index in [9.17, 15) is 0 Å². The Balaban J connectivity index is 1.79. The lowest BCUT2D eigenvalue weighted by Gasteiger charge is -2.36. The lowest BCUT2D eigenvalue weighted by atomic mass is 9.72. The van der Waals surface area contributed by atoms with Gasteiger partial charge in [0.05, 0.1) is 0 Å². The molecule has 2 unspecified atom stereocenters. The van der Waals surface area contributed by atoms with Gasteiger partial charge in [0.15, 0.2) is 0 Å². The number of nitrogens with one attached hydrogen (secondary N) is 1. The lowest BCUT2D eigenvalue weighted by Crippen LogP contribution is -2.45. The number of hydrazine groups is 1. The highest BCUT2D eigenvalue weighted by Gasteiger charge is 2.32. The Morgan fingerprint density at radius 1 is 1.16 bits per heavy atom. The van der Waals surface area contributed by atoms with Crippen LogP contribution in [0.3, 0.4) is 0 Å². The molecule has 0 amide bonds. The van der Waals surface area contributed by atoms with Crippen molar-refractivity contribution in [2.24, 2.45) is 5.84 Å². The highest BCUT2D eigenvalue weighted by Crippen LogP contribution is 2.38. The average molecular weight is 317 g/mol. The van der Waals surface area contributed by atoms with Crippen molar-refractivity contribution in [2.75, 3.05) is 0 Å². The SMILES string of the molecule is NNC(Cc1ccccc1Br)C1Cc2ccccc21. The third kappa shape index (κ3) is 2.46. The second kappa shape index (κ2) is 5.45. The summed E-state index contributed by atoms with van der Waals surface area (Å²) in [6.07, 6.45) is 2.06. The zero-order valence-electron chi connectivity index (χ0n) is 10.6. The summed E-state index contributed by atoms with van der Waals surface area (Å²) >= 11 is 3.61. The third-order valence-corrected chi connectivity index (χ3v) is 4.77. The average Bonchev–Trinajstić information content (AvgIpc) is 2.41. The fourth-order valence-corrected chi connectivity index (χ4v) is 3.32. The summed E-state index contributed by atoms with van der Waals surface area (Å²) < 4.78 is 1.16. The number of rotatable bonds is 4. The van der Waals surface area contributed by atoms with Crippen molar-refractivity contribution in [3.8, 4) is 0 Å². The van der Waals surface area contributed by atoms with Gasteiger partial charge in [0, 0.05) is 16.4 Å². The van der Waals surface area contributed by atoms with Crippen LogP contribution in [0.15, 0.2) is 53.0 Å². The van der Waals surface area contributed by atoms with Gasteiger partial charge in [-0.3, -0.25) is 11.3 Å². The largest absolute Gasteiger partial charge is 0.271 e. The predicted octanol–water partition coefficient (Wildman–Crippen LogP) is 3.16. The summed E-state index contributed by atoms with van der Waals surface area (Å²) in [4.78, 5) is 0. The Morgan fingerprint density at radius 2 is 1.89 bits per heavy atom. The summed E-state index contributed by atoms with van der Waals surface area (Å²) in [5, 5.41) is 0. The van der Waals surface area contributed by atoms with Gasteiger partial charge in [-0.15, -0.1) is 0 Å². The normalized spacial score (nSPS) is 18.5. The van der Waals surface area contributed by atoms with E-state index in [0.29, 0.717) is 5.92 Å². The molecule has 19 heavy (non-hydrogen) atoms. The first-order valence-corrected chi connectivity index (χ1v) is 7.36. The van der Waals surface area contributed by atoms with Crippen LogP contribution in [0.2, 0.25) is 0 Å². The Hall–Kier alpha value is -1.16. The van der Waals surface area contributed by atoms with E-state index in [0.717, 1.165) is 17.3 Å². The molecule has 2 aromatic rings. The van der Waals surface area contributed by atoms with E-state index >= 15 is 0 Å². The molecule has 2 nitrogen and oxygen atoms in total. The maximum atomic E-state index is 5.77. The molecule has 0 bridgehead atoms. The summed E-state index contributed by atoms with van der Waals surface area (Å²) in [5.41, 5.74) is 7.20. The van der Waals surface area contributed by atoms with Crippen molar-refractivity contribution in [1.82, 2.24) is 5.43 Å². The molecular weight excluding hydrogens is 300 g/mol. The molecule has 2 aromatic carbocycles. The van der Waals surface area contributed by atoms with Crippen LogP contribution in [-0.2, 0) is 12.8 Å². The number of nitrogens with two attached hydrogens (primary N) is 1. The van der Waals surface area contributed by atoms with Crippen LogP contribution >= 0.6 is 15.9 Å². The molecule has 0 saturated heterocycles. The third-order valence-electron chi connectivity index (χ3n) is 3.99. The standard InChI is InChI=1S/C16H17BrN2/c17-15-8-4-2-6-12(15)10-16(19-18)14-9-11-5-1-3-7-13(11)14/h1-8,14,16,19H,9-10,18H2. The van der Waals surface area contributed by atoms with Crippen molar-refractivity contribution in [3.05, 3.63) is 69.7 Å². The fourth-order valence-electron chi connectivity index (χ4n) is 2.87. The highest BCUT2D eigenvalue weighted by atomic mass is 79.9. The molecule has 1 aliphatic rings. The minimum atomic E-state index is 0.286. The van der Waals surface area contributed by atoms with E-state index in [-0.39, 0.29) is 6.04 Å². The van der Waals surface area contributed by atoms with Gasteiger partial charge in [0.1, 0.15) is 0 Å². The maximum Gasteiger partial charge on any atom is 0.0323 e. The molecule has 3 rings (SSSR count). The highest BCUT2D eigenvalue weighted by molar-refractivity contribution is 9.10. The fraction of sp³-hybridized carbons (Fsp3) is 0.250. The molecule has 2 atom stereocenters. The molecule has 0 saturated carbocycles. The topological polar surface area (TPSA) is 38.0 Å². The van der Waals surface area contributed by atoms with Crippen LogP contribution < -0.4 is 11.3 Å². The van der Waals surface area contributed by atoms with Crippen LogP contribution in [0.25, 0.3) is 0 Å². The monoisotopic (exact) mass is 316 g/mol. The van der Waals surface area contributed by atoms with Gasteiger partial charge < -0.3 is 0 Å². The number of hydrogen-bond donors (Lipinski definition) is 2. The first-order valence-electron chi connectivity index (χ1n) is 6.57. The maximum absolute atomic E-state index is 5.77. The van der Waals surface area contributed by atoms with Gasteiger partial charge in [0.25, 0.3) is 0 Å². The van der Waals surface area contributed by atoms with Crippen LogP contribution in [0.4, 0.5) is 0 Å². The number of hydrogen-bond acceptors (Lipinski definition) is 2. The second-order valence-corrected chi connectivity index (χ2v) is 5.93. The minimum absolute atomic E-state index is 0.286. The smallest absolute Gasteiger partial charge is 0.0323 e. The summed E-state index contributed by atoms with van der Waals surface area (Å²) in [7, 11) is 0. The molecule has 0 aliphatic heterocycles. The van der Waals surface area contributed by atoms with Gasteiger partial charge in [-0.2, -0.15) is 0 Å². The molecule has 1 aliphatic carbocycles. The van der Waals surface area contributed by atoms with E-state index in [1.807, 2.05) is 6.07 Å². The first kappa shape index (κ1) is 12.9. The molecule has 0 spiro atoms. The van der Waals surface area contributed by atoms with Crippen molar-refractivity contribution >= 4 is 15.9 Å². The zero-order chi connectivity index (χ0) is 13.2. The molecule has 0 heterocycles. The molecule has 0 fully saturated rings. The summed E-state index contributed by atoms with van der Waals surface area (Å²) in [6, 6.07) is 17.3. The lowest BCUT2D eigenvalue weighted by molar-refractivity contribution is 0.403. The molecule has 3 N–H and O–H groups in total. The summed E-state index contributed by atoms with van der Waals surface area (Å²) in [6.45, 7) is 0. The Kier molecular flexibility index (Phi) is 3.69. The van der Waals surface area contributed by atoms with Gasteiger partial charge >= 0.3 is 0 Å². The second-order valence-electron chi connectivity index (χ2n) is 5.08. The van der Waals surface area contributed by atoms with E-state index in [1.165, 1.54) is 16.7 Å². The molecule has 0 radical (unpaired) electrons. The zero-order valence-corrected chi connectivity index (χ0v) is 12.2. The Labute approximate surface area is 122 Å². The van der Waals surface area contributed by atoms with E-state index in [2.05, 4.69) is 63.8 Å². The van der Waals surface area contributed by atoms with Crippen molar-refractivity contribution in [1.29, 1.82) is 0 Å². The number of benzene rings is 2. The molecular formula is C16H17BrN2. The van der Waals surface area contributed by atoms with E-state index in [4.69, 9.17) is 5.84 Å². The van der Waals surface area contributed by atoms with Crippen molar-refractivity contribution < 1.29 is 0 Å². The molecule has 98 valence electrons. The molecule has 0 aromatic heterocycles. The predicted molar refractivity (Wildman–Crippen MR) is 81.8 cm³/mol. The quantitative estimate of drug-likeness (QED) is 0.671. The Bertz CT molecular complexity index is 582. The van der Waals surface area contributed by atoms with Crippen LogP contribution in [0.5, 0.6) is 0 Å². The van der Waals surface area contributed by atoms with Gasteiger partial charge in [-0.25, -0.2) is 0 Å². The Morgan fingerprint density at radius 3 is 2.63 bits per heavy atom. The number of halogens is 1. The van der Waals surface area contributed by atoms with Crippen molar-refractivity contribution in [3.63, 3.8) is 0 Å². The van der Waals surface area contributed by atoms with Gasteiger partial charge in [-0.05, 0) is 35.6 Å².